The first kappa shape index (κ1) is 14.2. The molecule has 0 aromatic rings. The number of rotatable bonds is 10. The summed E-state index contributed by atoms with van der Waals surface area (Å²) in [5.41, 5.74) is 4.81. The standard InChI is InChI=1S/C11H24N2O2/c1-2-3-4-5-6-7-8-13-9-10-15-11(12)14/h13H,2-10H2,1H3,(H2,12,14). The first-order chi connectivity index (χ1) is 7.27. The van der Waals surface area contributed by atoms with Crippen molar-refractivity contribution in [1.82, 2.24) is 5.32 Å². The second-order valence-electron chi connectivity index (χ2n) is 3.69. The van der Waals surface area contributed by atoms with E-state index in [9.17, 15) is 4.79 Å². The van der Waals surface area contributed by atoms with E-state index in [4.69, 9.17) is 5.73 Å². The summed E-state index contributed by atoms with van der Waals surface area (Å²) in [5, 5.41) is 3.20. The Kier molecular flexibility index (Phi) is 10.7. The molecule has 15 heavy (non-hydrogen) atoms. The number of carbonyl (C=O) groups is 1. The normalized spacial score (nSPS) is 10.2. The monoisotopic (exact) mass is 216 g/mol. The second kappa shape index (κ2) is 11.3. The van der Waals surface area contributed by atoms with E-state index in [2.05, 4.69) is 17.0 Å². The van der Waals surface area contributed by atoms with E-state index in [1.165, 1.54) is 38.5 Å². The van der Waals surface area contributed by atoms with Gasteiger partial charge in [0.15, 0.2) is 0 Å². The zero-order chi connectivity index (χ0) is 11.4. The van der Waals surface area contributed by atoms with Crippen LogP contribution in [-0.2, 0) is 4.74 Å². The average Bonchev–Trinajstić information content (AvgIpc) is 2.20. The van der Waals surface area contributed by atoms with Crippen molar-refractivity contribution in [2.24, 2.45) is 5.73 Å². The first-order valence-corrected chi connectivity index (χ1v) is 5.90. The molecule has 0 saturated heterocycles. The highest BCUT2D eigenvalue weighted by Gasteiger charge is 1.93. The molecule has 4 heteroatoms. The highest BCUT2D eigenvalue weighted by Crippen LogP contribution is 2.03. The van der Waals surface area contributed by atoms with Crippen LogP contribution < -0.4 is 11.1 Å². The van der Waals surface area contributed by atoms with Gasteiger partial charge in [-0.15, -0.1) is 0 Å². The molecule has 0 spiro atoms. The summed E-state index contributed by atoms with van der Waals surface area (Å²) in [6.45, 7) is 4.28. The van der Waals surface area contributed by atoms with Crippen molar-refractivity contribution in [2.75, 3.05) is 19.7 Å². The van der Waals surface area contributed by atoms with Gasteiger partial charge in [0.2, 0.25) is 0 Å². The number of primary amides is 1. The van der Waals surface area contributed by atoms with Crippen LogP contribution in [0.3, 0.4) is 0 Å². The van der Waals surface area contributed by atoms with Crippen LogP contribution in [0.1, 0.15) is 45.4 Å². The van der Waals surface area contributed by atoms with Crippen LogP contribution in [0.5, 0.6) is 0 Å². The zero-order valence-electron chi connectivity index (χ0n) is 9.76. The molecule has 0 aliphatic rings. The molecule has 0 aliphatic heterocycles. The molecule has 0 unspecified atom stereocenters. The second-order valence-corrected chi connectivity index (χ2v) is 3.69. The molecule has 0 rings (SSSR count). The van der Waals surface area contributed by atoms with Crippen LogP contribution >= 0.6 is 0 Å². The Hall–Kier alpha value is -0.770. The van der Waals surface area contributed by atoms with Gasteiger partial charge >= 0.3 is 6.09 Å². The lowest BCUT2D eigenvalue weighted by atomic mass is 10.1. The molecular weight excluding hydrogens is 192 g/mol. The Labute approximate surface area is 92.6 Å². The Morgan fingerprint density at radius 1 is 1.13 bits per heavy atom. The van der Waals surface area contributed by atoms with E-state index in [0.29, 0.717) is 13.2 Å². The third-order valence-corrected chi connectivity index (χ3v) is 2.23. The third-order valence-electron chi connectivity index (χ3n) is 2.23. The van der Waals surface area contributed by atoms with Crippen molar-refractivity contribution < 1.29 is 9.53 Å². The summed E-state index contributed by atoms with van der Waals surface area (Å²) in [6.07, 6.45) is 7.09. The molecule has 0 heterocycles. The molecule has 0 bridgehead atoms. The molecule has 90 valence electrons. The van der Waals surface area contributed by atoms with Gasteiger partial charge in [-0.3, -0.25) is 0 Å². The maximum Gasteiger partial charge on any atom is 0.404 e. The molecule has 0 aromatic heterocycles. The van der Waals surface area contributed by atoms with Gasteiger partial charge in [0, 0.05) is 6.54 Å². The number of nitrogens with two attached hydrogens (primary N) is 1. The number of hydrogen-bond acceptors (Lipinski definition) is 3. The molecule has 4 nitrogen and oxygen atoms in total. The van der Waals surface area contributed by atoms with Gasteiger partial charge in [-0.2, -0.15) is 0 Å². The van der Waals surface area contributed by atoms with E-state index >= 15 is 0 Å². The van der Waals surface area contributed by atoms with Crippen molar-refractivity contribution in [3.63, 3.8) is 0 Å². The Morgan fingerprint density at radius 3 is 2.47 bits per heavy atom. The van der Waals surface area contributed by atoms with E-state index in [-0.39, 0.29) is 0 Å². The maximum atomic E-state index is 10.2. The van der Waals surface area contributed by atoms with Crippen molar-refractivity contribution in [2.45, 2.75) is 45.4 Å². The SMILES string of the molecule is CCCCCCCCNCCOC(N)=O. The number of hydrogen-bond donors (Lipinski definition) is 2. The van der Waals surface area contributed by atoms with Crippen molar-refractivity contribution in [3.05, 3.63) is 0 Å². The minimum Gasteiger partial charge on any atom is -0.448 e. The minimum atomic E-state index is -0.698. The summed E-state index contributed by atoms with van der Waals surface area (Å²) in [5.74, 6) is 0. The topological polar surface area (TPSA) is 64.3 Å². The van der Waals surface area contributed by atoms with E-state index in [1.54, 1.807) is 0 Å². The van der Waals surface area contributed by atoms with E-state index in [0.717, 1.165) is 6.54 Å². The van der Waals surface area contributed by atoms with Crippen molar-refractivity contribution in [1.29, 1.82) is 0 Å². The first-order valence-electron chi connectivity index (χ1n) is 5.90. The number of unbranched alkanes of at least 4 members (excludes halogenated alkanes) is 5. The lowest BCUT2D eigenvalue weighted by Gasteiger charge is -2.04. The zero-order valence-corrected chi connectivity index (χ0v) is 9.76. The maximum absolute atomic E-state index is 10.2. The minimum absolute atomic E-state index is 0.366. The van der Waals surface area contributed by atoms with Gasteiger partial charge in [-0.25, -0.2) is 4.79 Å². The third kappa shape index (κ3) is 13.2. The number of ether oxygens (including phenoxy) is 1. The van der Waals surface area contributed by atoms with Crippen LogP contribution in [0.25, 0.3) is 0 Å². The van der Waals surface area contributed by atoms with E-state index in [1.807, 2.05) is 0 Å². The van der Waals surface area contributed by atoms with Crippen LogP contribution in [0.4, 0.5) is 4.79 Å². The predicted molar refractivity (Wildman–Crippen MR) is 61.8 cm³/mol. The molecule has 0 atom stereocenters. The van der Waals surface area contributed by atoms with Crippen LogP contribution in [0.2, 0.25) is 0 Å². The smallest absolute Gasteiger partial charge is 0.404 e. The summed E-state index contributed by atoms with van der Waals surface area (Å²) in [6, 6.07) is 0. The fourth-order valence-electron chi connectivity index (χ4n) is 1.38. The molecule has 0 aromatic carbocycles. The molecule has 3 N–H and O–H groups in total. The van der Waals surface area contributed by atoms with Crippen LogP contribution in [0, 0.1) is 0 Å². The number of amides is 1. The van der Waals surface area contributed by atoms with Gasteiger partial charge in [0.25, 0.3) is 0 Å². The molecule has 0 aliphatic carbocycles. The quantitative estimate of drug-likeness (QED) is 0.549. The highest BCUT2D eigenvalue weighted by molar-refractivity contribution is 5.64. The molecule has 0 saturated carbocycles. The predicted octanol–water partition coefficient (Wildman–Crippen LogP) is 2.03. The van der Waals surface area contributed by atoms with E-state index < -0.39 is 6.09 Å². The average molecular weight is 216 g/mol. The Morgan fingerprint density at radius 2 is 1.80 bits per heavy atom. The molecule has 0 fully saturated rings. The summed E-state index contributed by atoms with van der Waals surface area (Å²) in [4.78, 5) is 10.2. The van der Waals surface area contributed by atoms with Gasteiger partial charge in [-0.1, -0.05) is 39.0 Å². The highest BCUT2D eigenvalue weighted by atomic mass is 16.5. The largest absolute Gasteiger partial charge is 0.448 e. The number of carbonyl (C=O) groups excluding carboxylic acids is 1. The lowest BCUT2D eigenvalue weighted by molar-refractivity contribution is 0.157. The Bertz CT molecular complexity index is 152. The van der Waals surface area contributed by atoms with Gasteiger partial charge in [-0.05, 0) is 13.0 Å². The van der Waals surface area contributed by atoms with Gasteiger partial charge in [0.1, 0.15) is 6.61 Å². The molecule has 1 amide bonds. The fourth-order valence-corrected chi connectivity index (χ4v) is 1.38. The van der Waals surface area contributed by atoms with Crippen LogP contribution in [0.15, 0.2) is 0 Å². The van der Waals surface area contributed by atoms with Gasteiger partial charge in [0.05, 0.1) is 0 Å². The Balaban J connectivity index is 2.89. The molecule has 0 radical (unpaired) electrons. The lowest BCUT2D eigenvalue weighted by Crippen LogP contribution is -2.24. The van der Waals surface area contributed by atoms with Gasteiger partial charge < -0.3 is 15.8 Å². The fraction of sp³-hybridized carbons (Fsp3) is 0.909. The van der Waals surface area contributed by atoms with Crippen molar-refractivity contribution in [3.8, 4) is 0 Å². The summed E-state index contributed by atoms with van der Waals surface area (Å²) < 4.78 is 4.58. The van der Waals surface area contributed by atoms with Crippen LogP contribution in [-0.4, -0.2) is 25.8 Å². The molecular formula is C11H24N2O2. The number of nitrogens with one attached hydrogen (secondary N) is 1. The summed E-state index contributed by atoms with van der Waals surface area (Å²) in [7, 11) is 0. The van der Waals surface area contributed by atoms with Crippen molar-refractivity contribution >= 4 is 6.09 Å². The summed E-state index contributed by atoms with van der Waals surface area (Å²) >= 11 is 0.